The van der Waals surface area contributed by atoms with Gasteiger partial charge in [0, 0.05) is 0 Å². The minimum absolute atomic E-state index is 0.196. The van der Waals surface area contributed by atoms with E-state index in [1.54, 1.807) is 19.2 Å². The zero-order valence-corrected chi connectivity index (χ0v) is 8.82. The first-order chi connectivity index (χ1) is 6.69. The molecule has 0 saturated heterocycles. The van der Waals surface area contributed by atoms with E-state index in [-0.39, 0.29) is 5.75 Å². The van der Waals surface area contributed by atoms with Crippen LogP contribution in [0.25, 0.3) is 0 Å². The van der Waals surface area contributed by atoms with Gasteiger partial charge in [0.05, 0.1) is 7.11 Å². The highest BCUT2D eigenvalue weighted by Gasteiger charge is 2.05. The highest BCUT2D eigenvalue weighted by Crippen LogP contribution is 2.29. The largest absolute Gasteiger partial charge is 0.504 e. The SMILES string of the molecule is C/C=C/C(C)c1ccc(OC)c(O)c1. The third kappa shape index (κ3) is 2.28. The Morgan fingerprint density at radius 2 is 2.14 bits per heavy atom. The van der Waals surface area contributed by atoms with Gasteiger partial charge in [0.15, 0.2) is 11.5 Å². The number of phenols is 1. The summed E-state index contributed by atoms with van der Waals surface area (Å²) in [4.78, 5) is 0. The van der Waals surface area contributed by atoms with Crippen LogP contribution in [0, 0.1) is 0 Å². The Kier molecular flexibility index (Phi) is 3.57. The highest BCUT2D eigenvalue weighted by molar-refractivity contribution is 5.43. The average Bonchev–Trinajstić information content (AvgIpc) is 2.18. The molecule has 0 heterocycles. The third-order valence-corrected chi connectivity index (χ3v) is 2.21. The molecular formula is C12H16O2. The van der Waals surface area contributed by atoms with Crippen molar-refractivity contribution in [2.75, 3.05) is 7.11 Å². The summed E-state index contributed by atoms with van der Waals surface area (Å²) < 4.78 is 4.97. The standard InChI is InChI=1S/C12H16O2/c1-4-5-9(2)10-6-7-12(14-3)11(13)8-10/h4-9,13H,1-3H3/b5-4+. The van der Waals surface area contributed by atoms with E-state index in [9.17, 15) is 5.11 Å². The van der Waals surface area contributed by atoms with Gasteiger partial charge in [-0.05, 0) is 30.5 Å². The Bertz CT molecular complexity index is 329. The number of ether oxygens (including phenoxy) is 1. The number of allylic oxidation sites excluding steroid dienone is 2. The van der Waals surface area contributed by atoms with E-state index < -0.39 is 0 Å². The fraction of sp³-hybridized carbons (Fsp3) is 0.333. The number of aromatic hydroxyl groups is 1. The molecule has 1 aromatic rings. The van der Waals surface area contributed by atoms with Crippen molar-refractivity contribution in [3.05, 3.63) is 35.9 Å². The topological polar surface area (TPSA) is 29.5 Å². The fourth-order valence-corrected chi connectivity index (χ4v) is 1.39. The fourth-order valence-electron chi connectivity index (χ4n) is 1.39. The summed E-state index contributed by atoms with van der Waals surface area (Å²) in [5.41, 5.74) is 1.08. The van der Waals surface area contributed by atoms with E-state index in [1.165, 1.54) is 0 Å². The average molecular weight is 192 g/mol. The lowest BCUT2D eigenvalue weighted by Gasteiger charge is -2.09. The Morgan fingerprint density at radius 3 is 2.64 bits per heavy atom. The second-order valence-electron chi connectivity index (χ2n) is 3.25. The van der Waals surface area contributed by atoms with Crippen LogP contribution in [0.2, 0.25) is 0 Å². The number of phenolic OH excluding ortho intramolecular Hbond substituents is 1. The molecule has 0 saturated carbocycles. The number of benzene rings is 1. The summed E-state index contributed by atoms with van der Waals surface area (Å²) >= 11 is 0. The van der Waals surface area contributed by atoms with Crippen LogP contribution in [0.3, 0.4) is 0 Å². The van der Waals surface area contributed by atoms with Gasteiger partial charge in [-0.3, -0.25) is 0 Å². The lowest BCUT2D eigenvalue weighted by atomic mass is 10.0. The molecule has 14 heavy (non-hydrogen) atoms. The van der Waals surface area contributed by atoms with Crippen molar-refractivity contribution in [1.29, 1.82) is 0 Å². The first kappa shape index (κ1) is 10.6. The van der Waals surface area contributed by atoms with Crippen LogP contribution in [-0.4, -0.2) is 12.2 Å². The van der Waals surface area contributed by atoms with Gasteiger partial charge >= 0.3 is 0 Å². The van der Waals surface area contributed by atoms with Crippen LogP contribution >= 0.6 is 0 Å². The summed E-state index contributed by atoms with van der Waals surface area (Å²) in [7, 11) is 1.55. The zero-order chi connectivity index (χ0) is 10.6. The van der Waals surface area contributed by atoms with Gasteiger partial charge in [0.1, 0.15) is 0 Å². The van der Waals surface area contributed by atoms with E-state index >= 15 is 0 Å². The van der Waals surface area contributed by atoms with Crippen molar-refractivity contribution in [3.63, 3.8) is 0 Å². The molecule has 0 aliphatic heterocycles. The van der Waals surface area contributed by atoms with Gasteiger partial charge in [0.2, 0.25) is 0 Å². The van der Waals surface area contributed by atoms with E-state index in [1.807, 2.05) is 19.1 Å². The van der Waals surface area contributed by atoms with Gasteiger partial charge in [0.25, 0.3) is 0 Å². The molecule has 1 aromatic carbocycles. The van der Waals surface area contributed by atoms with E-state index in [2.05, 4.69) is 13.0 Å². The van der Waals surface area contributed by atoms with Crippen LogP contribution in [0.5, 0.6) is 11.5 Å². The second kappa shape index (κ2) is 4.70. The van der Waals surface area contributed by atoms with Crippen LogP contribution in [0.15, 0.2) is 30.4 Å². The molecule has 1 atom stereocenters. The lowest BCUT2D eigenvalue weighted by Crippen LogP contribution is -1.90. The molecule has 0 radical (unpaired) electrons. The highest BCUT2D eigenvalue weighted by atomic mass is 16.5. The molecule has 0 aliphatic carbocycles. The Morgan fingerprint density at radius 1 is 1.43 bits per heavy atom. The quantitative estimate of drug-likeness (QED) is 0.746. The maximum atomic E-state index is 9.56. The monoisotopic (exact) mass is 192 g/mol. The third-order valence-electron chi connectivity index (χ3n) is 2.21. The summed E-state index contributed by atoms with van der Waals surface area (Å²) in [6.45, 7) is 4.07. The number of methoxy groups -OCH3 is 1. The summed E-state index contributed by atoms with van der Waals surface area (Å²) in [5.74, 6) is 1.03. The number of hydrogen-bond acceptors (Lipinski definition) is 2. The van der Waals surface area contributed by atoms with Crippen LogP contribution in [-0.2, 0) is 0 Å². The van der Waals surface area contributed by atoms with Gasteiger partial charge in [-0.2, -0.15) is 0 Å². The molecule has 76 valence electrons. The maximum Gasteiger partial charge on any atom is 0.160 e. The van der Waals surface area contributed by atoms with E-state index in [0.717, 1.165) is 5.56 Å². The van der Waals surface area contributed by atoms with Crippen LogP contribution in [0.1, 0.15) is 25.3 Å². The van der Waals surface area contributed by atoms with Crippen molar-refractivity contribution < 1.29 is 9.84 Å². The van der Waals surface area contributed by atoms with E-state index in [4.69, 9.17) is 4.74 Å². The van der Waals surface area contributed by atoms with Crippen molar-refractivity contribution in [2.24, 2.45) is 0 Å². The van der Waals surface area contributed by atoms with Crippen LogP contribution in [0.4, 0.5) is 0 Å². The van der Waals surface area contributed by atoms with Crippen molar-refractivity contribution >= 4 is 0 Å². The van der Waals surface area contributed by atoms with Gasteiger partial charge in [-0.25, -0.2) is 0 Å². The zero-order valence-electron chi connectivity index (χ0n) is 8.82. The molecular weight excluding hydrogens is 176 g/mol. The normalized spacial score (nSPS) is 13.1. The Labute approximate surface area is 84.8 Å². The second-order valence-corrected chi connectivity index (χ2v) is 3.25. The molecule has 0 amide bonds. The predicted molar refractivity (Wildman–Crippen MR) is 57.9 cm³/mol. The van der Waals surface area contributed by atoms with Gasteiger partial charge in [-0.15, -0.1) is 0 Å². The summed E-state index contributed by atoms with van der Waals surface area (Å²) in [6.07, 6.45) is 4.09. The predicted octanol–water partition coefficient (Wildman–Crippen LogP) is 3.08. The minimum Gasteiger partial charge on any atom is -0.504 e. The molecule has 0 fully saturated rings. The van der Waals surface area contributed by atoms with Gasteiger partial charge < -0.3 is 9.84 Å². The first-order valence-electron chi connectivity index (χ1n) is 4.68. The van der Waals surface area contributed by atoms with Crippen molar-refractivity contribution in [2.45, 2.75) is 19.8 Å². The molecule has 0 bridgehead atoms. The van der Waals surface area contributed by atoms with Crippen molar-refractivity contribution in [1.82, 2.24) is 0 Å². The minimum atomic E-state index is 0.196. The first-order valence-corrected chi connectivity index (χ1v) is 4.68. The lowest BCUT2D eigenvalue weighted by molar-refractivity contribution is 0.373. The molecule has 1 unspecified atom stereocenters. The Balaban J connectivity index is 2.96. The van der Waals surface area contributed by atoms with Crippen LogP contribution < -0.4 is 4.74 Å². The Hall–Kier alpha value is -1.44. The molecule has 1 rings (SSSR count). The molecule has 2 nitrogen and oxygen atoms in total. The maximum absolute atomic E-state index is 9.56. The van der Waals surface area contributed by atoms with E-state index in [0.29, 0.717) is 11.7 Å². The summed E-state index contributed by atoms with van der Waals surface area (Å²) in [5, 5.41) is 9.56. The smallest absolute Gasteiger partial charge is 0.160 e. The molecule has 0 aliphatic rings. The number of rotatable bonds is 3. The van der Waals surface area contributed by atoms with Crippen molar-refractivity contribution in [3.8, 4) is 11.5 Å². The van der Waals surface area contributed by atoms with Gasteiger partial charge in [-0.1, -0.05) is 25.1 Å². The molecule has 2 heteroatoms. The number of hydrogen-bond donors (Lipinski definition) is 1. The molecule has 1 N–H and O–H groups in total. The molecule has 0 spiro atoms. The molecule has 0 aromatic heterocycles. The summed E-state index contributed by atoms with van der Waals surface area (Å²) in [6, 6.07) is 5.48.